The summed E-state index contributed by atoms with van der Waals surface area (Å²) in [7, 11) is 0. The van der Waals surface area contributed by atoms with Crippen LogP contribution in [0.2, 0.25) is 0 Å². The molecule has 1 aliphatic rings. The first kappa shape index (κ1) is 23.3. The lowest BCUT2D eigenvalue weighted by Gasteiger charge is -2.24. The Morgan fingerprint density at radius 1 is 1.18 bits per heavy atom. The molecular weight excluding hydrogens is 416 g/mol. The van der Waals surface area contributed by atoms with Crippen LogP contribution in [0.4, 0.5) is 0 Å². The van der Waals surface area contributed by atoms with Gasteiger partial charge in [0.2, 0.25) is 5.89 Å². The number of hydrogen-bond donors (Lipinski definition) is 2. The fourth-order valence-electron chi connectivity index (χ4n) is 4.53. The van der Waals surface area contributed by atoms with Gasteiger partial charge in [0.15, 0.2) is 11.2 Å². The summed E-state index contributed by atoms with van der Waals surface area (Å²) in [6.45, 7) is 3.71. The van der Waals surface area contributed by atoms with E-state index in [9.17, 15) is 9.90 Å². The zero-order valence-electron chi connectivity index (χ0n) is 19.5. The molecule has 0 saturated heterocycles. The van der Waals surface area contributed by atoms with Gasteiger partial charge in [-0.1, -0.05) is 56.4 Å². The number of carbonyl (C=O) groups is 1. The Balaban J connectivity index is 1.46. The van der Waals surface area contributed by atoms with E-state index >= 15 is 0 Å². The van der Waals surface area contributed by atoms with E-state index in [0.717, 1.165) is 41.3 Å². The maximum atomic E-state index is 11.4. The van der Waals surface area contributed by atoms with Crippen LogP contribution in [0.25, 0.3) is 11.1 Å². The van der Waals surface area contributed by atoms with Crippen LogP contribution >= 0.6 is 0 Å². The summed E-state index contributed by atoms with van der Waals surface area (Å²) in [5.74, 6) is 1.06. The predicted octanol–water partition coefficient (Wildman–Crippen LogP) is 6.26. The minimum Gasteiger partial charge on any atom is -0.478 e. The van der Waals surface area contributed by atoms with Gasteiger partial charge in [0.25, 0.3) is 0 Å². The maximum absolute atomic E-state index is 11.4. The van der Waals surface area contributed by atoms with Gasteiger partial charge in [-0.15, -0.1) is 0 Å². The molecule has 33 heavy (non-hydrogen) atoms. The van der Waals surface area contributed by atoms with Gasteiger partial charge < -0.3 is 19.6 Å². The summed E-state index contributed by atoms with van der Waals surface area (Å²) in [6.07, 6.45) is 8.81. The summed E-state index contributed by atoms with van der Waals surface area (Å²) < 4.78 is 11.8. The van der Waals surface area contributed by atoms with Crippen molar-refractivity contribution in [2.75, 3.05) is 0 Å². The second-order valence-corrected chi connectivity index (χ2v) is 9.60. The molecule has 0 amide bonds. The molecule has 0 spiro atoms. The highest BCUT2D eigenvalue weighted by molar-refractivity contribution is 5.76. The van der Waals surface area contributed by atoms with Crippen molar-refractivity contribution >= 4 is 17.1 Å². The third-order valence-electron chi connectivity index (χ3n) is 6.54. The van der Waals surface area contributed by atoms with Crippen LogP contribution in [0.3, 0.4) is 0 Å². The highest BCUT2D eigenvalue weighted by atomic mass is 16.5. The van der Waals surface area contributed by atoms with Crippen LogP contribution in [-0.4, -0.2) is 21.7 Å². The number of fused-ring (bicyclic) bond motifs is 1. The van der Waals surface area contributed by atoms with Crippen LogP contribution in [0, 0.1) is 5.92 Å². The van der Waals surface area contributed by atoms with Crippen LogP contribution in [-0.2, 0) is 11.3 Å². The first-order valence-electron chi connectivity index (χ1n) is 12.0. The number of aliphatic carboxylic acids is 1. The summed E-state index contributed by atoms with van der Waals surface area (Å²) in [5.41, 5.74) is 1.42. The molecule has 1 atom stereocenters. The Morgan fingerprint density at radius 2 is 1.97 bits per heavy atom. The highest BCUT2D eigenvalue weighted by Crippen LogP contribution is 2.31. The highest BCUT2D eigenvalue weighted by Gasteiger charge is 2.29. The molecule has 0 aliphatic heterocycles. The van der Waals surface area contributed by atoms with Crippen molar-refractivity contribution in [1.29, 1.82) is 0 Å². The van der Waals surface area contributed by atoms with E-state index in [1.165, 1.54) is 32.1 Å². The van der Waals surface area contributed by atoms with Crippen LogP contribution in [0.1, 0.15) is 76.3 Å². The second-order valence-electron chi connectivity index (χ2n) is 9.60. The smallest absolute Gasteiger partial charge is 0.347 e. The first-order chi connectivity index (χ1) is 15.9. The SMILES string of the molecule is CC(C)(Oc1cccc(CNC(CCC2CCCCC2)c2nc3ccccc3o2)c1)C(=O)O. The number of carboxylic acids is 1. The van der Waals surface area contributed by atoms with E-state index in [4.69, 9.17) is 14.1 Å². The van der Waals surface area contributed by atoms with Crippen LogP contribution in [0.5, 0.6) is 5.75 Å². The van der Waals surface area contributed by atoms with Gasteiger partial charge in [-0.2, -0.15) is 0 Å². The largest absolute Gasteiger partial charge is 0.478 e. The van der Waals surface area contributed by atoms with Gasteiger partial charge in [0, 0.05) is 6.54 Å². The lowest BCUT2D eigenvalue weighted by molar-refractivity contribution is -0.152. The lowest BCUT2D eigenvalue weighted by Crippen LogP contribution is -2.37. The molecule has 1 heterocycles. The Hall–Kier alpha value is -2.86. The summed E-state index contributed by atoms with van der Waals surface area (Å²) in [5, 5.41) is 13.0. The number of rotatable bonds is 10. The third-order valence-corrected chi connectivity index (χ3v) is 6.54. The predicted molar refractivity (Wildman–Crippen MR) is 128 cm³/mol. The molecule has 2 N–H and O–H groups in total. The molecule has 1 aromatic heterocycles. The van der Waals surface area contributed by atoms with E-state index in [-0.39, 0.29) is 6.04 Å². The minimum atomic E-state index is -1.28. The van der Waals surface area contributed by atoms with Gasteiger partial charge in [0.05, 0.1) is 6.04 Å². The Kier molecular flexibility index (Phi) is 7.33. The van der Waals surface area contributed by atoms with E-state index in [1.54, 1.807) is 19.9 Å². The Morgan fingerprint density at radius 3 is 2.73 bits per heavy atom. The molecule has 6 heteroatoms. The normalized spacial score (nSPS) is 16.1. The van der Waals surface area contributed by atoms with E-state index in [0.29, 0.717) is 12.3 Å². The van der Waals surface area contributed by atoms with Gasteiger partial charge in [-0.3, -0.25) is 0 Å². The maximum Gasteiger partial charge on any atom is 0.347 e. The molecule has 6 nitrogen and oxygen atoms in total. The van der Waals surface area contributed by atoms with Crippen molar-refractivity contribution in [3.63, 3.8) is 0 Å². The Bertz CT molecular complexity index is 1040. The zero-order valence-corrected chi connectivity index (χ0v) is 19.5. The molecular formula is C27H34N2O4. The Labute approximate surface area is 195 Å². The van der Waals surface area contributed by atoms with Gasteiger partial charge in [-0.25, -0.2) is 9.78 Å². The monoisotopic (exact) mass is 450 g/mol. The van der Waals surface area contributed by atoms with Gasteiger partial charge in [0.1, 0.15) is 11.3 Å². The second kappa shape index (κ2) is 10.4. The number of hydrogen-bond acceptors (Lipinski definition) is 5. The first-order valence-corrected chi connectivity index (χ1v) is 12.0. The number of aromatic nitrogens is 1. The standard InChI is InChI=1S/C27H34N2O4/c1-27(2,26(30)31)33-21-12-8-11-20(17-21)18-28-23(16-15-19-9-4-3-5-10-19)25-29-22-13-6-7-14-24(22)32-25/h6-8,11-14,17,19,23,28H,3-5,9-10,15-16,18H2,1-2H3,(H,30,31). The average Bonchev–Trinajstić information content (AvgIpc) is 3.24. The topological polar surface area (TPSA) is 84.6 Å². The van der Waals surface area contributed by atoms with E-state index in [2.05, 4.69) is 5.32 Å². The third kappa shape index (κ3) is 6.14. The summed E-state index contributed by atoms with van der Waals surface area (Å²) >= 11 is 0. The molecule has 1 saturated carbocycles. The molecule has 0 radical (unpaired) electrons. The molecule has 176 valence electrons. The van der Waals surface area contributed by atoms with Crippen molar-refractivity contribution in [1.82, 2.24) is 10.3 Å². The lowest BCUT2D eigenvalue weighted by atomic mass is 9.85. The molecule has 0 bridgehead atoms. The van der Waals surface area contributed by atoms with E-state index in [1.807, 2.05) is 42.5 Å². The number of nitrogens with zero attached hydrogens (tertiary/aromatic N) is 1. The zero-order chi connectivity index (χ0) is 23.3. The van der Waals surface area contributed by atoms with Gasteiger partial charge in [-0.05, 0) is 62.4 Å². The summed E-state index contributed by atoms with van der Waals surface area (Å²) in [4.78, 5) is 16.2. The van der Waals surface area contributed by atoms with E-state index < -0.39 is 11.6 Å². The quantitative estimate of drug-likeness (QED) is 0.379. The van der Waals surface area contributed by atoms with Crippen molar-refractivity contribution in [3.8, 4) is 5.75 Å². The average molecular weight is 451 g/mol. The molecule has 3 aromatic rings. The molecule has 2 aromatic carbocycles. The summed E-state index contributed by atoms with van der Waals surface area (Å²) in [6, 6.07) is 15.5. The van der Waals surface area contributed by atoms with Crippen molar-refractivity contribution in [2.24, 2.45) is 5.92 Å². The van der Waals surface area contributed by atoms with Gasteiger partial charge >= 0.3 is 5.97 Å². The number of nitrogens with one attached hydrogen (secondary N) is 1. The number of ether oxygens (including phenoxy) is 1. The molecule has 4 rings (SSSR count). The fourth-order valence-corrected chi connectivity index (χ4v) is 4.53. The van der Waals surface area contributed by atoms with Crippen molar-refractivity contribution in [3.05, 3.63) is 60.0 Å². The molecule has 1 fully saturated rings. The number of carboxylic acid groups (broad SMARTS) is 1. The van der Waals surface area contributed by atoms with Crippen molar-refractivity contribution in [2.45, 2.75) is 77.0 Å². The molecule has 1 unspecified atom stereocenters. The molecule has 1 aliphatic carbocycles. The van der Waals surface area contributed by atoms with Crippen LogP contribution in [0.15, 0.2) is 52.9 Å². The number of benzene rings is 2. The number of oxazole rings is 1. The minimum absolute atomic E-state index is 0.0133. The fraction of sp³-hybridized carbons (Fsp3) is 0.481. The number of para-hydroxylation sites is 2. The van der Waals surface area contributed by atoms with Crippen molar-refractivity contribution < 1.29 is 19.1 Å². The van der Waals surface area contributed by atoms with Crippen LogP contribution < -0.4 is 10.1 Å².